The first-order valence-corrected chi connectivity index (χ1v) is 5.73. The maximum atomic E-state index is 5.73. The van der Waals surface area contributed by atoms with E-state index >= 15 is 0 Å². The maximum absolute atomic E-state index is 5.73. The molecule has 0 saturated heterocycles. The van der Waals surface area contributed by atoms with Crippen LogP contribution in [0.15, 0.2) is 24.3 Å². The summed E-state index contributed by atoms with van der Waals surface area (Å²) in [5.41, 5.74) is 7.44. The van der Waals surface area contributed by atoms with Crippen molar-refractivity contribution in [3.63, 3.8) is 0 Å². The Morgan fingerprint density at radius 2 is 1.83 bits per heavy atom. The highest BCUT2D eigenvalue weighted by atomic mass is 16.6. The van der Waals surface area contributed by atoms with Crippen LogP contribution in [0.3, 0.4) is 0 Å². The average molecular weight is 243 g/mol. The van der Waals surface area contributed by atoms with Crippen LogP contribution >= 0.6 is 0 Å². The number of ether oxygens (including phenoxy) is 2. The lowest BCUT2D eigenvalue weighted by Gasteiger charge is -2.18. The smallest absolute Gasteiger partial charge is 0.162 e. The van der Waals surface area contributed by atoms with E-state index in [-0.39, 0.29) is 0 Å². The first kappa shape index (κ1) is 10.8. The third kappa shape index (κ3) is 1.95. The van der Waals surface area contributed by atoms with E-state index in [1.807, 2.05) is 25.1 Å². The van der Waals surface area contributed by atoms with E-state index in [1.165, 1.54) is 0 Å². The minimum Gasteiger partial charge on any atom is -0.486 e. The van der Waals surface area contributed by atoms with Crippen molar-refractivity contribution in [1.29, 1.82) is 0 Å². The summed E-state index contributed by atoms with van der Waals surface area (Å²) in [6, 6.07) is 7.39. The molecule has 0 spiro atoms. The van der Waals surface area contributed by atoms with Crippen molar-refractivity contribution in [2.75, 3.05) is 18.9 Å². The first-order chi connectivity index (χ1) is 8.72. The van der Waals surface area contributed by atoms with Crippen molar-refractivity contribution < 1.29 is 9.47 Å². The fraction of sp³-hybridized carbons (Fsp3) is 0.231. The summed E-state index contributed by atoms with van der Waals surface area (Å²) >= 11 is 0. The molecule has 1 aromatic carbocycles. The molecular weight excluding hydrogens is 230 g/mol. The molecule has 0 saturated carbocycles. The molecule has 92 valence electrons. The molecule has 0 aliphatic carbocycles. The lowest BCUT2D eigenvalue weighted by Crippen LogP contribution is -2.15. The largest absolute Gasteiger partial charge is 0.486 e. The second-order valence-electron chi connectivity index (χ2n) is 4.12. The third-order valence-corrected chi connectivity index (χ3v) is 2.67. The van der Waals surface area contributed by atoms with E-state index < -0.39 is 0 Å². The molecule has 5 nitrogen and oxygen atoms in total. The molecule has 3 rings (SSSR count). The Balaban J connectivity index is 2.06. The minimum atomic E-state index is 0.465. The van der Waals surface area contributed by atoms with Gasteiger partial charge in [0.1, 0.15) is 19.0 Å². The zero-order valence-electron chi connectivity index (χ0n) is 10.0. The Bertz CT molecular complexity index is 579. The Morgan fingerprint density at radius 1 is 1.06 bits per heavy atom. The molecule has 1 aliphatic rings. The molecule has 0 atom stereocenters. The second kappa shape index (κ2) is 4.18. The van der Waals surface area contributed by atoms with Crippen LogP contribution in [0.5, 0.6) is 11.5 Å². The molecule has 18 heavy (non-hydrogen) atoms. The molecular formula is C13H13N3O2. The lowest BCUT2D eigenvalue weighted by atomic mass is 10.1. The van der Waals surface area contributed by atoms with Crippen molar-refractivity contribution in [2.24, 2.45) is 0 Å². The van der Waals surface area contributed by atoms with Gasteiger partial charge >= 0.3 is 0 Å². The van der Waals surface area contributed by atoms with Crippen molar-refractivity contribution >= 4 is 5.82 Å². The van der Waals surface area contributed by atoms with Crippen LogP contribution in [0.25, 0.3) is 11.4 Å². The van der Waals surface area contributed by atoms with Gasteiger partial charge in [-0.25, -0.2) is 9.97 Å². The third-order valence-electron chi connectivity index (χ3n) is 2.67. The maximum Gasteiger partial charge on any atom is 0.162 e. The normalized spacial score (nSPS) is 13.4. The van der Waals surface area contributed by atoms with Gasteiger partial charge in [-0.3, -0.25) is 0 Å². The molecule has 2 aromatic rings. The predicted molar refractivity (Wildman–Crippen MR) is 67.6 cm³/mol. The van der Waals surface area contributed by atoms with E-state index in [0.29, 0.717) is 24.9 Å². The van der Waals surface area contributed by atoms with Crippen LogP contribution in [0.4, 0.5) is 5.82 Å². The van der Waals surface area contributed by atoms with Gasteiger partial charge in [0.25, 0.3) is 0 Å². The van der Waals surface area contributed by atoms with E-state index in [4.69, 9.17) is 15.2 Å². The highest BCUT2D eigenvalue weighted by Gasteiger charge is 2.13. The molecule has 0 bridgehead atoms. The number of anilines is 1. The van der Waals surface area contributed by atoms with Crippen LogP contribution < -0.4 is 15.2 Å². The summed E-state index contributed by atoms with van der Waals surface area (Å²) in [7, 11) is 0. The van der Waals surface area contributed by atoms with Gasteiger partial charge in [-0.15, -0.1) is 0 Å². The number of nitrogens with zero attached hydrogens (tertiary/aromatic N) is 2. The van der Waals surface area contributed by atoms with Gasteiger partial charge in [-0.05, 0) is 25.1 Å². The molecule has 0 amide bonds. The fourth-order valence-corrected chi connectivity index (χ4v) is 1.90. The van der Waals surface area contributed by atoms with Gasteiger partial charge < -0.3 is 15.2 Å². The summed E-state index contributed by atoms with van der Waals surface area (Å²) in [5.74, 6) is 2.55. The van der Waals surface area contributed by atoms with E-state index in [9.17, 15) is 0 Å². The van der Waals surface area contributed by atoms with E-state index in [2.05, 4.69) is 9.97 Å². The predicted octanol–water partition coefficient (Wildman–Crippen LogP) is 1.81. The summed E-state index contributed by atoms with van der Waals surface area (Å²) in [6.45, 7) is 3.03. The Morgan fingerprint density at radius 3 is 2.61 bits per heavy atom. The Hall–Kier alpha value is -2.30. The molecule has 0 unspecified atom stereocenters. The highest BCUT2D eigenvalue weighted by molar-refractivity contribution is 5.62. The number of hydrogen-bond donors (Lipinski definition) is 1. The zero-order chi connectivity index (χ0) is 12.5. The van der Waals surface area contributed by atoms with Gasteiger partial charge in [-0.2, -0.15) is 0 Å². The highest BCUT2D eigenvalue weighted by Crippen LogP contribution is 2.33. The Labute approximate surface area is 105 Å². The van der Waals surface area contributed by atoms with Crippen LogP contribution in [0.1, 0.15) is 5.69 Å². The summed E-state index contributed by atoms with van der Waals surface area (Å²) in [5, 5.41) is 0. The monoisotopic (exact) mass is 243 g/mol. The van der Waals surface area contributed by atoms with Crippen LogP contribution in [-0.2, 0) is 0 Å². The molecule has 2 N–H and O–H groups in total. The van der Waals surface area contributed by atoms with Crippen molar-refractivity contribution in [2.45, 2.75) is 6.92 Å². The van der Waals surface area contributed by atoms with Crippen LogP contribution in [-0.4, -0.2) is 23.2 Å². The van der Waals surface area contributed by atoms with Crippen LogP contribution in [0.2, 0.25) is 0 Å². The van der Waals surface area contributed by atoms with Gasteiger partial charge in [0.2, 0.25) is 0 Å². The number of aryl methyl sites for hydroxylation is 1. The number of fused-ring (bicyclic) bond motifs is 1. The molecule has 2 heterocycles. The van der Waals surface area contributed by atoms with Gasteiger partial charge in [-0.1, -0.05) is 0 Å². The number of aromatic nitrogens is 2. The average Bonchev–Trinajstić information content (AvgIpc) is 2.37. The number of nitrogen functional groups attached to an aromatic ring is 1. The fourth-order valence-electron chi connectivity index (χ4n) is 1.90. The quantitative estimate of drug-likeness (QED) is 0.827. The minimum absolute atomic E-state index is 0.465. The number of hydrogen-bond acceptors (Lipinski definition) is 5. The van der Waals surface area contributed by atoms with Crippen molar-refractivity contribution in [3.05, 3.63) is 30.0 Å². The number of rotatable bonds is 1. The van der Waals surface area contributed by atoms with Gasteiger partial charge in [0.15, 0.2) is 17.3 Å². The molecule has 0 radical (unpaired) electrons. The van der Waals surface area contributed by atoms with Crippen molar-refractivity contribution in [1.82, 2.24) is 9.97 Å². The summed E-state index contributed by atoms with van der Waals surface area (Å²) < 4.78 is 11.0. The van der Waals surface area contributed by atoms with E-state index in [0.717, 1.165) is 22.8 Å². The molecule has 5 heteroatoms. The van der Waals surface area contributed by atoms with Gasteiger partial charge in [0, 0.05) is 17.3 Å². The standard InChI is InChI=1S/C13H13N3O2/c1-8-6-12(14)16-13(15-8)9-2-3-10-11(7-9)18-5-4-17-10/h2-3,6-7H,4-5H2,1H3,(H2,14,15,16). The first-order valence-electron chi connectivity index (χ1n) is 5.73. The topological polar surface area (TPSA) is 70.3 Å². The second-order valence-corrected chi connectivity index (χ2v) is 4.12. The molecule has 1 aliphatic heterocycles. The molecule has 1 aromatic heterocycles. The van der Waals surface area contributed by atoms with Crippen LogP contribution in [0, 0.1) is 6.92 Å². The lowest BCUT2D eigenvalue weighted by molar-refractivity contribution is 0.171. The zero-order valence-corrected chi connectivity index (χ0v) is 10.0. The number of benzene rings is 1. The van der Waals surface area contributed by atoms with Gasteiger partial charge in [0.05, 0.1) is 0 Å². The number of nitrogens with two attached hydrogens (primary N) is 1. The summed E-state index contributed by atoms with van der Waals surface area (Å²) in [4.78, 5) is 8.59. The van der Waals surface area contributed by atoms with Crippen molar-refractivity contribution in [3.8, 4) is 22.9 Å². The SMILES string of the molecule is Cc1cc(N)nc(-c2ccc3c(c2)OCCO3)n1. The molecule has 0 fully saturated rings. The Kier molecular flexibility index (Phi) is 2.51. The summed E-state index contributed by atoms with van der Waals surface area (Å²) in [6.07, 6.45) is 0. The van der Waals surface area contributed by atoms with E-state index in [1.54, 1.807) is 6.07 Å².